The van der Waals surface area contributed by atoms with Gasteiger partial charge in [-0.1, -0.05) is 28.1 Å². The van der Waals surface area contributed by atoms with E-state index >= 15 is 0 Å². The third-order valence-electron chi connectivity index (χ3n) is 2.10. The van der Waals surface area contributed by atoms with Gasteiger partial charge in [0.2, 0.25) is 0 Å². The monoisotopic (exact) mass is 317 g/mol. The largest absolute Gasteiger partial charge is 0.444 e. The van der Waals surface area contributed by atoms with Crippen LogP contribution in [0.25, 0.3) is 0 Å². The average Bonchev–Trinajstić information content (AvgIpc) is 2.23. The molecule has 0 fully saturated rings. The van der Waals surface area contributed by atoms with Crippen molar-refractivity contribution in [2.45, 2.75) is 32.4 Å². The fourth-order valence-corrected chi connectivity index (χ4v) is 1.80. The second-order valence-corrected chi connectivity index (χ2v) is 5.82. The number of alkyl halides is 1. The third kappa shape index (κ3) is 5.04. The summed E-state index contributed by atoms with van der Waals surface area (Å²) in [4.78, 5) is 11.6. The Morgan fingerprint density at radius 2 is 2.17 bits per heavy atom. The lowest BCUT2D eigenvalue weighted by Gasteiger charge is -2.22. The van der Waals surface area contributed by atoms with Crippen molar-refractivity contribution in [2.75, 3.05) is 6.67 Å². The number of amides is 1. The predicted octanol–water partition coefficient (Wildman–Crippen LogP) is 3.98. The molecule has 0 radical (unpaired) electrons. The van der Waals surface area contributed by atoms with Crippen LogP contribution in [0, 0.1) is 0 Å². The van der Waals surface area contributed by atoms with E-state index in [0.717, 1.165) is 4.47 Å². The Kier molecular flexibility index (Phi) is 5.14. The lowest BCUT2D eigenvalue weighted by Crippen LogP contribution is -2.35. The smallest absolute Gasteiger partial charge is 0.408 e. The summed E-state index contributed by atoms with van der Waals surface area (Å²) in [5.74, 6) is 0. The Hall–Kier alpha value is -1.10. The highest BCUT2D eigenvalue weighted by molar-refractivity contribution is 9.10. The number of alkyl carbamates (subject to hydrolysis) is 1. The fourth-order valence-electron chi connectivity index (χ4n) is 1.38. The Balaban J connectivity index is 2.71. The van der Waals surface area contributed by atoms with Crippen LogP contribution in [0.15, 0.2) is 28.7 Å². The summed E-state index contributed by atoms with van der Waals surface area (Å²) in [6.07, 6.45) is -0.620. The molecule has 0 heterocycles. The Bertz CT molecular complexity index is 418. The van der Waals surface area contributed by atoms with E-state index in [1.807, 2.05) is 6.07 Å². The van der Waals surface area contributed by atoms with Gasteiger partial charge in [-0.2, -0.15) is 0 Å². The van der Waals surface area contributed by atoms with Crippen LogP contribution in [0.3, 0.4) is 0 Å². The molecule has 0 saturated heterocycles. The number of hydrogen-bond donors (Lipinski definition) is 1. The zero-order valence-electron chi connectivity index (χ0n) is 10.7. The zero-order chi connectivity index (χ0) is 13.8. The number of carbonyl (C=O) groups excluding carboxylic acids is 1. The first-order valence-electron chi connectivity index (χ1n) is 5.63. The molecule has 1 N–H and O–H groups in total. The van der Waals surface area contributed by atoms with E-state index in [1.165, 1.54) is 0 Å². The maximum absolute atomic E-state index is 13.0. The SMILES string of the molecule is CC(C)(C)OC(=O)N[C@H](CF)c1cccc(Br)c1. The molecule has 1 aromatic rings. The summed E-state index contributed by atoms with van der Waals surface area (Å²) >= 11 is 3.31. The maximum Gasteiger partial charge on any atom is 0.408 e. The van der Waals surface area contributed by atoms with Crippen LogP contribution in [0.4, 0.5) is 9.18 Å². The van der Waals surface area contributed by atoms with Crippen molar-refractivity contribution in [3.8, 4) is 0 Å². The van der Waals surface area contributed by atoms with Gasteiger partial charge in [-0.15, -0.1) is 0 Å². The molecule has 0 aliphatic heterocycles. The van der Waals surface area contributed by atoms with Gasteiger partial charge in [0, 0.05) is 4.47 Å². The van der Waals surface area contributed by atoms with E-state index in [1.54, 1.807) is 39.0 Å². The minimum absolute atomic E-state index is 0.595. The van der Waals surface area contributed by atoms with Crippen LogP contribution in [0.5, 0.6) is 0 Å². The van der Waals surface area contributed by atoms with Crippen molar-refractivity contribution in [1.29, 1.82) is 0 Å². The highest BCUT2D eigenvalue weighted by Crippen LogP contribution is 2.19. The molecule has 0 bridgehead atoms. The molecule has 1 amide bonds. The van der Waals surface area contributed by atoms with Gasteiger partial charge in [-0.05, 0) is 38.5 Å². The van der Waals surface area contributed by atoms with Crippen molar-refractivity contribution >= 4 is 22.0 Å². The van der Waals surface area contributed by atoms with Crippen molar-refractivity contribution in [3.63, 3.8) is 0 Å². The van der Waals surface area contributed by atoms with Crippen LogP contribution < -0.4 is 5.32 Å². The third-order valence-corrected chi connectivity index (χ3v) is 2.59. The molecule has 1 rings (SSSR count). The molecular weight excluding hydrogens is 301 g/mol. The van der Waals surface area contributed by atoms with Crippen LogP contribution >= 0.6 is 15.9 Å². The highest BCUT2D eigenvalue weighted by Gasteiger charge is 2.20. The van der Waals surface area contributed by atoms with E-state index in [4.69, 9.17) is 4.74 Å². The maximum atomic E-state index is 13.0. The number of carbonyl (C=O) groups is 1. The number of nitrogens with one attached hydrogen (secondary N) is 1. The molecule has 0 aliphatic carbocycles. The standard InChI is InChI=1S/C13H17BrFNO2/c1-13(2,3)18-12(17)16-11(8-15)9-5-4-6-10(14)7-9/h4-7,11H,8H2,1-3H3,(H,16,17)/t11-/m1/s1. The Labute approximate surface area is 115 Å². The lowest BCUT2D eigenvalue weighted by molar-refractivity contribution is 0.0495. The van der Waals surface area contributed by atoms with Gasteiger partial charge in [0.25, 0.3) is 0 Å². The second-order valence-electron chi connectivity index (χ2n) is 4.91. The van der Waals surface area contributed by atoms with Gasteiger partial charge < -0.3 is 10.1 Å². The first-order valence-corrected chi connectivity index (χ1v) is 6.42. The zero-order valence-corrected chi connectivity index (χ0v) is 12.3. The van der Waals surface area contributed by atoms with Gasteiger partial charge in [0.15, 0.2) is 0 Å². The Morgan fingerprint density at radius 1 is 1.50 bits per heavy atom. The first kappa shape index (κ1) is 15.0. The van der Waals surface area contributed by atoms with E-state index in [-0.39, 0.29) is 0 Å². The minimum atomic E-state index is -0.697. The summed E-state index contributed by atoms with van der Waals surface area (Å²) in [6.45, 7) is 4.60. The molecule has 0 unspecified atom stereocenters. The molecule has 0 spiro atoms. The van der Waals surface area contributed by atoms with Crippen LogP contribution in [0.2, 0.25) is 0 Å². The van der Waals surface area contributed by atoms with Gasteiger partial charge in [0.1, 0.15) is 12.3 Å². The van der Waals surface area contributed by atoms with E-state index in [2.05, 4.69) is 21.2 Å². The molecule has 100 valence electrons. The number of hydrogen-bond acceptors (Lipinski definition) is 2. The van der Waals surface area contributed by atoms with Gasteiger partial charge in [-0.3, -0.25) is 0 Å². The summed E-state index contributed by atoms with van der Waals surface area (Å²) in [7, 11) is 0. The number of rotatable bonds is 3. The van der Waals surface area contributed by atoms with E-state index in [9.17, 15) is 9.18 Å². The quantitative estimate of drug-likeness (QED) is 0.915. The summed E-state index contributed by atoms with van der Waals surface area (Å²) < 4.78 is 18.9. The Morgan fingerprint density at radius 3 is 2.67 bits per heavy atom. The molecular formula is C13H17BrFNO2. The van der Waals surface area contributed by atoms with Crippen molar-refractivity contribution in [2.24, 2.45) is 0 Å². The molecule has 18 heavy (non-hydrogen) atoms. The lowest BCUT2D eigenvalue weighted by atomic mass is 10.1. The van der Waals surface area contributed by atoms with Crippen LogP contribution in [-0.2, 0) is 4.74 Å². The topological polar surface area (TPSA) is 38.3 Å². The van der Waals surface area contributed by atoms with E-state index < -0.39 is 24.4 Å². The first-order chi connectivity index (χ1) is 8.31. The van der Waals surface area contributed by atoms with Crippen LogP contribution in [-0.4, -0.2) is 18.4 Å². The van der Waals surface area contributed by atoms with Gasteiger partial charge >= 0.3 is 6.09 Å². The summed E-state index contributed by atoms with van der Waals surface area (Å²) in [5.41, 5.74) is 0.0973. The molecule has 5 heteroatoms. The second kappa shape index (κ2) is 6.18. The number of ether oxygens (including phenoxy) is 1. The van der Waals surface area contributed by atoms with Crippen molar-refractivity contribution in [3.05, 3.63) is 34.3 Å². The van der Waals surface area contributed by atoms with Crippen molar-refractivity contribution < 1.29 is 13.9 Å². The molecule has 1 aromatic carbocycles. The highest BCUT2D eigenvalue weighted by atomic mass is 79.9. The normalized spacial score (nSPS) is 12.9. The van der Waals surface area contributed by atoms with Gasteiger partial charge in [-0.25, -0.2) is 9.18 Å². The molecule has 0 aromatic heterocycles. The number of benzene rings is 1. The average molecular weight is 318 g/mol. The molecule has 3 nitrogen and oxygen atoms in total. The predicted molar refractivity (Wildman–Crippen MR) is 72.2 cm³/mol. The molecule has 0 saturated carbocycles. The van der Waals surface area contributed by atoms with Gasteiger partial charge in [0.05, 0.1) is 6.04 Å². The summed E-state index contributed by atoms with van der Waals surface area (Å²) in [6, 6.07) is 6.45. The minimum Gasteiger partial charge on any atom is -0.444 e. The van der Waals surface area contributed by atoms with E-state index in [0.29, 0.717) is 5.56 Å². The number of halogens is 2. The summed E-state index contributed by atoms with van der Waals surface area (Å²) in [5, 5.41) is 2.51. The van der Waals surface area contributed by atoms with Crippen LogP contribution in [0.1, 0.15) is 32.4 Å². The molecule has 0 aliphatic rings. The van der Waals surface area contributed by atoms with Crippen molar-refractivity contribution in [1.82, 2.24) is 5.32 Å². The molecule has 1 atom stereocenters. The fraction of sp³-hybridized carbons (Fsp3) is 0.462.